The van der Waals surface area contributed by atoms with Gasteiger partial charge in [0.25, 0.3) is 0 Å². The van der Waals surface area contributed by atoms with Gasteiger partial charge in [-0.05, 0) is 123 Å². The van der Waals surface area contributed by atoms with Gasteiger partial charge in [-0.1, -0.05) is 31.9 Å². The largest absolute Gasteiger partial charge is 0.460 e. The Bertz CT molecular complexity index is 1110. The summed E-state index contributed by atoms with van der Waals surface area (Å²) in [4.78, 5) is 0. The first kappa shape index (κ1) is 29.2. The van der Waals surface area contributed by atoms with E-state index in [9.17, 15) is 17.6 Å². The Morgan fingerprint density at radius 3 is 1.95 bits per heavy atom. The molecule has 40 heavy (non-hydrogen) atoms. The average Bonchev–Trinajstić information content (AvgIpc) is 2.95. The van der Waals surface area contributed by atoms with Crippen LogP contribution >= 0.6 is 0 Å². The third kappa shape index (κ3) is 6.76. The van der Waals surface area contributed by atoms with Crippen LogP contribution in [0.1, 0.15) is 107 Å². The van der Waals surface area contributed by atoms with Crippen LogP contribution in [-0.2, 0) is 0 Å². The van der Waals surface area contributed by atoms with Crippen LogP contribution in [0.15, 0.2) is 36.4 Å². The summed E-state index contributed by atoms with van der Waals surface area (Å²) in [5, 5.41) is 0. The molecule has 0 atom stereocenters. The summed E-state index contributed by atoms with van der Waals surface area (Å²) in [5.74, 6) is -0.240. The molecular weight excluding hydrogens is 523 g/mol. The van der Waals surface area contributed by atoms with Crippen LogP contribution in [0.2, 0.25) is 0 Å². The van der Waals surface area contributed by atoms with Gasteiger partial charge in [-0.3, -0.25) is 0 Å². The first-order chi connectivity index (χ1) is 19.2. The molecule has 0 amide bonds. The predicted molar refractivity (Wildman–Crippen MR) is 145 cm³/mol. The summed E-state index contributed by atoms with van der Waals surface area (Å²) in [6.45, 7) is 1.09. The van der Waals surface area contributed by atoms with E-state index in [4.69, 9.17) is 4.74 Å². The van der Waals surface area contributed by atoms with Crippen LogP contribution in [0.5, 0.6) is 11.5 Å². The lowest BCUT2D eigenvalue weighted by Gasteiger charge is -2.39. The Kier molecular flexibility index (Phi) is 9.26. The highest BCUT2D eigenvalue weighted by atomic mass is 19.3. The van der Waals surface area contributed by atoms with Gasteiger partial charge in [0.2, 0.25) is 6.86 Å². The molecule has 220 valence electrons. The van der Waals surface area contributed by atoms with Gasteiger partial charge in [0.05, 0.1) is 5.92 Å². The summed E-state index contributed by atoms with van der Waals surface area (Å²) in [6, 6.07) is 9.01. The molecule has 2 nitrogen and oxygen atoms in total. The smallest absolute Gasteiger partial charge is 0.400 e. The van der Waals surface area contributed by atoms with E-state index >= 15 is 4.39 Å². The van der Waals surface area contributed by atoms with Crippen molar-refractivity contribution in [2.75, 3.05) is 6.86 Å². The SMILES string of the molecule is CC1CCC(c2ccc(C3CCC(C4CCC(C(F)(F)Oc5ccc(OCF)c(F)c5)CC4)CC3)c(F)c2)CC1. The van der Waals surface area contributed by atoms with Crippen molar-refractivity contribution in [3.05, 3.63) is 59.2 Å². The lowest BCUT2D eigenvalue weighted by atomic mass is 9.68. The fraction of sp³-hybridized carbons (Fsp3) is 0.636. The zero-order valence-electron chi connectivity index (χ0n) is 23.3. The molecule has 0 unspecified atom stereocenters. The van der Waals surface area contributed by atoms with Crippen LogP contribution in [0.4, 0.5) is 22.0 Å². The lowest BCUT2D eigenvalue weighted by molar-refractivity contribution is -0.224. The van der Waals surface area contributed by atoms with Crippen LogP contribution in [0.25, 0.3) is 0 Å². The maximum Gasteiger partial charge on any atom is 0.400 e. The molecule has 3 fully saturated rings. The van der Waals surface area contributed by atoms with Gasteiger partial charge in [-0.2, -0.15) is 8.78 Å². The van der Waals surface area contributed by atoms with Crippen LogP contribution in [0, 0.1) is 35.3 Å². The molecule has 0 aromatic heterocycles. The highest BCUT2D eigenvalue weighted by molar-refractivity contribution is 5.33. The highest BCUT2D eigenvalue weighted by Gasteiger charge is 2.45. The standard InChI is InChI=1S/C33H41F5O2/c1-21-2-4-24(5-3-21)26-12-16-29(30(35)18-26)25-8-6-22(7-9-25)23-10-13-27(14-11-23)33(37,38)40-28-15-17-32(39-20-34)31(36)19-28/h12,15-19,21-25,27H,2-11,13-14,20H2,1H3. The minimum atomic E-state index is -3.42. The second-order valence-electron chi connectivity index (χ2n) is 12.5. The van der Waals surface area contributed by atoms with Gasteiger partial charge in [0.1, 0.15) is 11.6 Å². The topological polar surface area (TPSA) is 18.5 Å². The molecule has 3 saturated carbocycles. The normalized spacial score (nSPS) is 29.6. The first-order valence-electron chi connectivity index (χ1n) is 15.1. The van der Waals surface area contributed by atoms with Gasteiger partial charge in [-0.25, -0.2) is 13.2 Å². The van der Waals surface area contributed by atoms with Gasteiger partial charge in [-0.15, -0.1) is 0 Å². The summed E-state index contributed by atoms with van der Waals surface area (Å²) in [7, 11) is 0. The van der Waals surface area contributed by atoms with Crippen molar-refractivity contribution in [1.82, 2.24) is 0 Å². The van der Waals surface area contributed by atoms with E-state index in [0.717, 1.165) is 67.7 Å². The Balaban J connectivity index is 1.10. The molecule has 2 aromatic carbocycles. The highest BCUT2D eigenvalue weighted by Crippen LogP contribution is 2.47. The third-order valence-electron chi connectivity index (χ3n) is 10.0. The quantitative estimate of drug-likeness (QED) is 0.297. The maximum absolute atomic E-state index is 15.2. The monoisotopic (exact) mass is 564 g/mol. The van der Waals surface area contributed by atoms with Crippen molar-refractivity contribution in [3.8, 4) is 11.5 Å². The van der Waals surface area contributed by atoms with Crippen LogP contribution in [-0.4, -0.2) is 13.0 Å². The minimum absolute atomic E-state index is 0.0632. The second kappa shape index (κ2) is 12.7. The fourth-order valence-corrected chi connectivity index (χ4v) is 7.51. The number of alkyl halides is 3. The van der Waals surface area contributed by atoms with E-state index in [0.29, 0.717) is 43.4 Å². The summed E-state index contributed by atoms with van der Waals surface area (Å²) >= 11 is 0. The van der Waals surface area contributed by atoms with E-state index in [-0.39, 0.29) is 23.2 Å². The van der Waals surface area contributed by atoms with Crippen molar-refractivity contribution in [2.45, 2.75) is 102 Å². The number of benzene rings is 2. The van der Waals surface area contributed by atoms with Crippen molar-refractivity contribution in [3.63, 3.8) is 0 Å². The summed E-state index contributed by atoms with van der Waals surface area (Å²) in [6.07, 6.45) is 7.30. The molecule has 5 rings (SSSR count). The van der Waals surface area contributed by atoms with E-state index in [1.807, 2.05) is 6.07 Å². The van der Waals surface area contributed by atoms with Crippen molar-refractivity contribution < 1.29 is 31.4 Å². The van der Waals surface area contributed by atoms with Gasteiger partial charge >= 0.3 is 6.11 Å². The number of ether oxygens (including phenoxy) is 2. The average molecular weight is 565 g/mol. The van der Waals surface area contributed by atoms with Gasteiger partial charge in [0.15, 0.2) is 11.6 Å². The molecule has 0 aliphatic heterocycles. The number of hydrogen-bond donors (Lipinski definition) is 0. The van der Waals surface area contributed by atoms with Gasteiger partial charge < -0.3 is 9.47 Å². The number of rotatable bonds is 8. The Labute approximate surface area is 234 Å². The molecule has 3 aliphatic carbocycles. The second-order valence-corrected chi connectivity index (χ2v) is 12.5. The lowest BCUT2D eigenvalue weighted by Crippen LogP contribution is -2.38. The predicted octanol–water partition coefficient (Wildman–Crippen LogP) is 10.3. The minimum Gasteiger partial charge on any atom is -0.460 e. The molecular formula is C33H41F5O2. The summed E-state index contributed by atoms with van der Waals surface area (Å²) in [5.41, 5.74) is 1.99. The van der Waals surface area contributed by atoms with Crippen molar-refractivity contribution in [2.24, 2.45) is 23.7 Å². The molecule has 7 heteroatoms. The Morgan fingerprint density at radius 2 is 1.35 bits per heavy atom. The van der Waals surface area contributed by atoms with E-state index in [2.05, 4.69) is 17.7 Å². The van der Waals surface area contributed by atoms with E-state index in [1.165, 1.54) is 18.9 Å². The fourth-order valence-electron chi connectivity index (χ4n) is 7.51. The zero-order valence-corrected chi connectivity index (χ0v) is 23.3. The van der Waals surface area contributed by atoms with Crippen molar-refractivity contribution >= 4 is 0 Å². The molecule has 0 bridgehead atoms. The maximum atomic E-state index is 15.2. The Morgan fingerprint density at radius 1 is 0.725 bits per heavy atom. The molecule has 0 radical (unpaired) electrons. The summed E-state index contributed by atoms with van der Waals surface area (Å²) < 4.78 is 80.6. The number of halogens is 5. The molecule has 3 aliphatic rings. The molecule has 0 N–H and O–H groups in total. The van der Waals surface area contributed by atoms with Crippen molar-refractivity contribution in [1.29, 1.82) is 0 Å². The molecule has 0 saturated heterocycles. The molecule has 2 aromatic rings. The van der Waals surface area contributed by atoms with Crippen LogP contribution in [0.3, 0.4) is 0 Å². The van der Waals surface area contributed by atoms with Crippen LogP contribution < -0.4 is 9.47 Å². The van der Waals surface area contributed by atoms with Gasteiger partial charge in [0, 0.05) is 6.07 Å². The third-order valence-corrected chi connectivity index (χ3v) is 10.0. The number of hydrogen-bond acceptors (Lipinski definition) is 2. The molecule has 0 heterocycles. The first-order valence-corrected chi connectivity index (χ1v) is 15.1. The van der Waals surface area contributed by atoms with E-state index in [1.54, 1.807) is 6.07 Å². The Hall–Kier alpha value is -2.31. The zero-order chi connectivity index (χ0) is 28.3. The molecule has 0 spiro atoms. The van der Waals surface area contributed by atoms with E-state index < -0.39 is 24.7 Å².